The third-order valence-electron chi connectivity index (χ3n) is 5.01. The number of carbonyl (C=O) groups excluding carboxylic acids is 1. The van der Waals surface area contributed by atoms with Crippen molar-refractivity contribution in [3.8, 4) is 23.0 Å². The van der Waals surface area contributed by atoms with Crippen molar-refractivity contribution >= 4 is 17.8 Å². The summed E-state index contributed by atoms with van der Waals surface area (Å²) in [6, 6.07) is 16.5. The highest BCUT2D eigenvalue weighted by Crippen LogP contribution is 2.34. The number of nitrogens with zero attached hydrogens (tertiary/aromatic N) is 2. The van der Waals surface area contributed by atoms with E-state index in [0.29, 0.717) is 35.2 Å². The molecule has 31 heavy (non-hydrogen) atoms. The summed E-state index contributed by atoms with van der Waals surface area (Å²) in [5, 5.41) is 6.99. The third kappa shape index (κ3) is 4.13. The van der Waals surface area contributed by atoms with Crippen molar-refractivity contribution in [3.05, 3.63) is 72.6 Å². The number of aromatic nitrogens is 1. The van der Waals surface area contributed by atoms with Crippen molar-refractivity contribution in [2.45, 2.75) is 12.0 Å². The lowest BCUT2D eigenvalue weighted by Crippen LogP contribution is -2.40. The SMILES string of the molecule is O=C(Nc1ccc(C2C=NNC2)cc1Oc1cccnc1)C1COc2ccccc2O1. The van der Waals surface area contributed by atoms with Crippen LogP contribution in [-0.4, -0.2) is 36.4 Å². The van der Waals surface area contributed by atoms with Gasteiger partial charge in [-0.25, -0.2) is 0 Å². The molecule has 5 rings (SSSR count). The molecule has 2 aromatic carbocycles. The molecule has 8 heteroatoms. The zero-order valence-corrected chi connectivity index (χ0v) is 16.5. The Balaban J connectivity index is 1.38. The molecule has 156 valence electrons. The average Bonchev–Trinajstić information content (AvgIpc) is 3.35. The molecule has 0 fully saturated rings. The number of nitrogens with one attached hydrogen (secondary N) is 2. The minimum Gasteiger partial charge on any atom is -0.485 e. The van der Waals surface area contributed by atoms with Gasteiger partial charge in [0.1, 0.15) is 12.4 Å². The highest BCUT2D eigenvalue weighted by Gasteiger charge is 2.28. The van der Waals surface area contributed by atoms with E-state index in [1.807, 2.05) is 42.6 Å². The maximum Gasteiger partial charge on any atom is 0.269 e. The number of rotatable bonds is 5. The number of pyridine rings is 1. The molecule has 0 aliphatic carbocycles. The van der Waals surface area contributed by atoms with Crippen molar-refractivity contribution in [1.82, 2.24) is 10.4 Å². The molecule has 1 aromatic heterocycles. The third-order valence-corrected chi connectivity index (χ3v) is 5.01. The van der Waals surface area contributed by atoms with E-state index >= 15 is 0 Å². The van der Waals surface area contributed by atoms with E-state index in [-0.39, 0.29) is 18.4 Å². The number of benzene rings is 2. The second kappa shape index (κ2) is 8.35. The van der Waals surface area contributed by atoms with E-state index in [4.69, 9.17) is 14.2 Å². The summed E-state index contributed by atoms with van der Waals surface area (Å²) < 4.78 is 17.5. The fraction of sp³-hybridized carbons (Fsp3) is 0.174. The van der Waals surface area contributed by atoms with Crippen LogP contribution in [0.5, 0.6) is 23.0 Å². The van der Waals surface area contributed by atoms with Gasteiger partial charge in [0.25, 0.3) is 5.91 Å². The monoisotopic (exact) mass is 416 g/mol. The van der Waals surface area contributed by atoms with Crippen LogP contribution in [0.25, 0.3) is 0 Å². The van der Waals surface area contributed by atoms with E-state index in [2.05, 4.69) is 20.8 Å². The number of carbonyl (C=O) groups is 1. The first-order chi connectivity index (χ1) is 15.3. The number of hydrogen-bond acceptors (Lipinski definition) is 7. The van der Waals surface area contributed by atoms with Gasteiger partial charge in [-0.1, -0.05) is 18.2 Å². The first kappa shape index (κ1) is 18.9. The van der Waals surface area contributed by atoms with E-state index in [1.165, 1.54) is 0 Å². The van der Waals surface area contributed by atoms with Crippen LogP contribution in [0, 0.1) is 0 Å². The lowest BCUT2D eigenvalue weighted by atomic mass is 10.0. The lowest BCUT2D eigenvalue weighted by Gasteiger charge is -2.26. The lowest BCUT2D eigenvalue weighted by molar-refractivity contribution is -0.125. The Morgan fingerprint density at radius 2 is 2.03 bits per heavy atom. The molecule has 0 bridgehead atoms. The predicted octanol–water partition coefficient (Wildman–Crippen LogP) is 3.33. The Hall–Kier alpha value is -4.07. The van der Waals surface area contributed by atoms with Gasteiger partial charge in [0.2, 0.25) is 6.10 Å². The molecule has 2 atom stereocenters. The standard InChI is InChI=1S/C23H20N4O4/c28-23(22-14-29-19-5-1-2-6-20(19)31-22)27-18-8-7-15(16-11-25-26-12-16)10-21(18)30-17-4-3-9-24-13-17/h1-11,13,16,22,26H,12,14H2,(H,27,28). The van der Waals surface area contributed by atoms with Crippen LogP contribution in [0.1, 0.15) is 11.5 Å². The Bertz CT molecular complexity index is 1120. The van der Waals surface area contributed by atoms with Crippen LogP contribution in [0.3, 0.4) is 0 Å². The van der Waals surface area contributed by atoms with Crippen LogP contribution in [-0.2, 0) is 4.79 Å². The van der Waals surface area contributed by atoms with Crippen molar-refractivity contribution in [2.75, 3.05) is 18.5 Å². The van der Waals surface area contributed by atoms with Crippen LogP contribution in [0.4, 0.5) is 5.69 Å². The molecule has 8 nitrogen and oxygen atoms in total. The number of amides is 1. The summed E-state index contributed by atoms with van der Waals surface area (Å²) >= 11 is 0. The maximum absolute atomic E-state index is 12.9. The molecule has 1 amide bonds. The molecule has 0 saturated heterocycles. The molecule has 3 heterocycles. The molecule has 0 radical (unpaired) electrons. The van der Waals surface area contributed by atoms with Crippen LogP contribution in [0.2, 0.25) is 0 Å². The maximum atomic E-state index is 12.9. The van der Waals surface area contributed by atoms with Gasteiger partial charge >= 0.3 is 0 Å². The molecule has 2 aliphatic heterocycles. The largest absolute Gasteiger partial charge is 0.485 e. The minimum absolute atomic E-state index is 0.129. The van der Waals surface area contributed by atoms with Gasteiger partial charge in [-0.15, -0.1) is 0 Å². The average molecular weight is 416 g/mol. The van der Waals surface area contributed by atoms with Gasteiger partial charge in [0.05, 0.1) is 11.9 Å². The van der Waals surface area contributed by atoms with Gasteiger partial charge in [-0.3, -0.25) is 9.78 Å². The van der Waals surface area contributed by atoms with Crippen LogP contribution < -0.4 is 25.0 Å². The van der Waals surface area contributed by atoms with Crippen LogP contribution >= 0.6 is 0 Å². The topological polar surface area (TPSA) is 94.1 Å². The van der Waals surface area contributed by atoms with E-state index in [1.54, 1.807) is 30.6 Å². The molecular formula is C23H20N4O4. The predicted molar refractivity (Wildman–Crippen MR) is 115 cm³/mol. The van der Waals surface area contributed by atoms with E-state index < -0.39 is 6.10 Å². The normalized spacial score (nSPS) is 18.8. The number of fused-ring (bicyclic) bond motifs is 1. The van der Waals surface area contributed by atoms with Crippen molar-refractivity contribution < 1.29 is 19.0 Å². The molecule has 3 aromatic rings. The van der Waals surface area contributed by atoms with Crippen molar-refractivity contribution in [3.63, 3.8) is 0 Å². The Kier molecular flexibility index (Phi) is 5.10. The highest BCUT2D eigenvalue weighted by atomic mass is 16.6. The van der Waals surface area contributed by atoms with Gasteiger partial charge in [0, 0.05) is 24.9 Å². The molecule has 0 saturated carbocycles. The molecular weight excluding hydrogens is 396 g/mol. The molecule has 0 spiro atoms. The Labute approximate surface area is 178 Å². The smallest absolute Gasteiger partial charge is 0.269 e. The number of ether oxygens (including phenoxy) is 3. The van der Waals surface area contributed by atoms with E-state index in [9.17, 15) is 4.79 Å². The van der Waals surface area contributed by atoms with Crippen LogP contribution in [0.15, 0.2) is 72.1 Å². The first-order valence-electron chi connectivity index (χ1n) is 9.93. The van der Waals surface area contributed by atoms with E-state index in [0.717, 1.165) is 5.56 Å². The summed E-state index contributed by atoms with van der Waals surface area (Å²) in [6.45, 7) is 0.842. The fourth-order valence-electron chi connectivity index (χ4n) is 3.40. The summed E-state index contributed by atoms with van der Waals surface area (Å²) in [7, 11) is 0. The van der Waals surface area contributed by atoms with Gasteiger partial charge < -0.3 is 25.0 Å². The Morgan fingerprint density at radius 1 is 1.13 bits per heavy atom. The molecule has 2 N–H and O–H groups in total. The number of anilines is 1. The van der Waals surface area contributed by atoms with Crippen molar-refractivity contribution in [1.29, 1.82) is 0 Å². The number of hydrogen-bond donors (Lipinski definition) is 2. The zero-order chi connectivity index (χ0) is 21.0. The fourth-order valence-corrected chi connectivity index (χ4v) is 3.40. The number of hydrazone groups is 1. The summed E-state index contributed by atoms with van der Waals surface area (Å²) in [5.41, 5.74) is 4.51. The molecule has 2 aliphatic rings. The summed E-state index contributed by atoms with van der Waals surface area (Å²) in [6.07, 6.45) is 4.37. The van der Waals surface area contributed by atoms with Crippen molar-refractivity contribution in [2.24, 2.45) is 5.10 Å². The second-order valence-electron chi connectivity index (χ2n) is 7.15. The van der Waals surface area contributed by atoms with Gasteiger partial charge in [-0.2, -0.15) is 5.10 Å². The quantitative estimate of drug-likeness (QED) is 0.663. The van der Waals surface area contributed by atoms with Gasteiger partial charge in [-0.05, 0) is 42.0 Å². The minimum atomic E-state index is -0.771. The first-order valence-corrected chi connectivity index (χ1v) is 9.93. The Morgan fingerprint density at radius 3 is 2.84 bits per heavy atom. The summed E-state index contributed by atoms with van der Waals surface area (Å²) in [5.74, 6) is 2.07. The summed E-state index contributed by atoms with van der Waals surface area (Å²) in [4.78, 5) is 17.0. The van der Waals surface area contributed by atoms with Gasteiger partial charge in [0.15, 0.2) is 17.2 Å². The second-order valence-corrected chi connectivity index (χ2v) is 7.15. The zero-order valence-electron chi connectivity index (χ0n) is 16.5. The highest BCUT2D eigenvalue weighted by molar-refractivity contribution is 5.96. The number of para-hydroxylation sites is 2. The molecule has 2 unspecified atom stereocenters.